The van der Waals surface area contributed by atoms with Gasteiger partial charge < -0.3 is 10.1 Å². The van der Waals surface area contributed by atoms with E-state index in [1.165, 1.54) is 19.1 Å². The van der Waals surface area contributed by atoms with Crippen molar-refractivity contribution in [1.29, 1.82) is 0 Å². The first kappa shape index (κ1) is 22.3. The highest BCUT2D eigenvalue weighted by molar-refractivity contribution is 7.92. The molecule has 9 heteroatoms. The minimum absolute atomic E-state index is 0.149. The van der Waals surface area contributed by atoms with Gasteiger partial charge in [-0.05, 0) is 43.7 Å². The molecule has 0 aromatic heterocycles. The van der Waals surface area contributed by atoms with E-state index in [0.29, 0.717) is 5.02 Å². The highest BCUT2D eigenvalue weighted by Crippen LogP contribution is 2.32. The van der Waals surface area contributed by atoms with Crippen LogP contribution in [0.3, 0.4) is 0 Å². The van der Waals surface area contributed by atoms with E-state index in [9.17, 15) is 13.2 Å². The van der Waals surface area contributed by atoms with Gasteiger partial charge in [-0.1, -0.05) is 41.4 Å². The maximum absolute atomic E-state index is 12.5. The van der Waals surface area contributed by atoms with Crippen LogP contribution in [0.25, 0.3) is 0 Å². The lowest BCUT2D eigenvalue weighted by Gasteiger charge is -2.29. The molecule has 28 heavy (non-hydrogen) atoms. The second kappa shape index (κ2) is 9.49. The lowest BCUT2D eigenvalue weighted by Crippen LogP contribution is -2.48. The quantitative estimate of drug-likeness (QED) is 0.630. The molecule has 0 aliphatic rings. The van der Waals surface area contributed by atoms with E-state index in [1.54, 1.807) is 6.07 Å². The monoisotopic (exact) mass is 444 g/mol. The van der Waals surface area contributed by atoms with Gasteiger partial charge in [0.1, 0.15) is 18.4 Å². The fourth-order valence-electron chi connectivity index (χ4n) is 2.64. The molecule has 1 unspecified atom stereocenters. The minimum atomic E-state index is -3.78. The van der Waals surface area contributed by atoms with E-state index in [1.807, 2.05) is 31.2 Å². The number of carbonyl (C=O) groups excluding carboxylic acids is 1. The number of carbonyl (C=O) groups is 1. The van der Waals surface area contributed by atoms with Crippen LogP contribution in [0.15, 0.2) is 42.5 Å². The van der Waals surface area contributed by atoms with Crippen molar-refractivity contribution in [2.45, 2.75) is 19.9 Å². The normalized spacial score (nSPS) is 12.3. The molecule has 2 rings (SSSR count). The molecule has 0 saturated carbocycles. The Labute approximate surface area is 175 Å². The summed E-state index contributed by atoms with van der Waals surface area (Å²) in [6.07, 6.45) is 1.01. The van der Waals surface area contributed by atoms with Gasteiger partial charge in [0.25, 0.3) is 0 Å². The minimum Gasteiger partial charge on any atom is -0.491 e. The third kappa shape index (κ3) is 5.77. The summed E-state index contributed by atoms with van der Waals surface area (Å²) in [7, 11) is -3.78. The van der Waals surface area contributed by atoms with Gasteiger partial charge in [-0.3, -0.25) is 9.10 Å². The summed E-state index contributed by atoms with van der Waals surface area (Å²) >= 11 is 12.1. The van der Waals surface area contributed by atoms with Crippen molar-refractivity contribution in [3.63, 3.8) is 0 Å². The molecule has 1 amide bonds. The van der Waals surface area contributed by atoms with Crippen LogP contribution in [0.2, 0.25) is 10.0 Å². The van der Waals surface area contributed by atoms with Crippen LogP contribution in [-0.4, -0.2) is 39.8 Å². The van der Waals surface area contributed by atoms with Crippen molar-refractivity contribution >= 4 is 44.8 Å². The second-order valence-corrected chi connectivity index (χ2v) is 8.94. The number of nitrogens with zero attached hydrogens (tertiary/aromatic N) is 1. The summed E-state index contributed by atoms with van der Waals surface area (Å²) in [4.78, 5) is 12.5. The number of halogens is 2. The number of aryl methyl sites for hydroxylation is 1. The third-order valence-corrected chi connectivity index (χ3v) is 5.77. The van der Waals surface area contributed by atoms with Crippen molar-refractivity contribution in [3.05, 3.63) is 58.1 Å². The highest BCUT2D eigenvalue weighted by atomic mass is 35.5. The van der Waals surface area contributed by atoms with Crippen molar-refractivity contribution in [3.8, 4) is 5.75 Å². The number of sulfonamides is 1. The van der Waals surface area contributed by atoms with Crippen LogP contribution in [0, 0.1) is 6.92 Å². The maximum Gasteiger partial charge on any atom is 0.243 e. The Morgan fingerprint density at radius 1 is 1.21 bits per heavy atom. The average Bonchev–Trinajstić information content (AvgIpc) is 2.61. The number of para-hydroxylation sites is 1. The standard InChI is InChI=1S/C19H22Cl2N2O4S/c1-13-6-4-5-7-18(13)27-11-10-22-19(24)14(2)23(28(3,25)26)17-12-15(20)8-9-16(17)21/h4-9,12,14H,10-11H2,1-3H3,(H,22,24). The number of rotatable bonds is 8. The van der Waals surface area contributed by atoms with Crippen molar-refractivity contribution in [2.75, 3.05) is 23.7 Å². The van der Waals surface area contributed by atoms with E-state index in [0.717, 1.165) is 21.9 Å². The molecule has 0 heterocycles. The Balaban J connectivity index is 2.06. The number of hydrogen-bond donors (Lipinski definition) is 1. The third-order valence-electron chi connectivity index (χ3n) is 3.99. The molecular weight excluding hydrogens is 423 g/mol. The summed E-state index contributed by atoms with van der Waals surface area (Å²) in [5.74, 6) is 0.253. The number of amides is 1. The van der Waals surface area contributed by atoms with Gasteiger partial charge in [-0.2, -0.15) is 0 Å². The predicted molar refractivity (Wildman–Crippen MR) is 113 cm³/mol. The van der Waals surface area contributed by atoms with E-state index >= 15 is 0 Å². The summed E-state index contributed by atoms with van der Waals surface area (Å²) < 4.78 is 31.2. The van der Waals surface area contributed by atoms with Gasteiger partial charge >= 0.3 is 0 Å². The van der Waals surface area contributed by atoms with Gasteiger partial charge in [0.2, 0.25) is 15.9 Å². The lowest BCUT2D eigenvalue weighted by molar-refractivity contribution is -0.121. The number of hydrogen-bond acceptors (Lipinski definition) is 4. The Morgan fingerprint density at radius 2 is 1.89 bits per heavy atom. The molecule has 2 aromatic rings. The molecule has 0 saturated heterocycles. The van der Waals surface area contributed by atoms with Gasteiger partial charge in [-0.25, -0.2) is 8.42 Å². The van der Waals surface area contributed by atoms with Crippen LogP contribution in [0.1, 0.15) is 12.5 Å². The SMILES string of the molecule is Cc1ccccc1OCCNC(=O)C(C)N(c1cc(Cl)ccc1Cl)S(C)(=O)=O. The molecule has 0 radical (unpaired) electrons. The van der Waals surface area contributed by atoms with Gasteiger partial charge in [0.05, 0.1) is 23.5 Å². The maximum atomic E-state index is 12.5. The first-order valence-electron chi connectivity index (χ1n) is 8.52. The summed E-state index contributed by atoms with van der Waals surface area (Å²) in [5.41, 5.74) is 1.14. The largest absolute Gasteiger partial charge is 0.491 e. The molecule has 2 aromatic carbocycles. The van der Waals surface area contributed by atoms with Crippen LogP contribution in [-0.2, 0) is 14.8 Å². The Hall–Kier alpha value is -1.96. The van der Waals surface area contributed by atoms with E-state index in [4.69, 9.17) is 27.9 Å². The zero-order chi connectivity index (χ0) is 20.9. The fraction of sp³-hybridized carbons (Fsp3) is 0.316. The van der Waals surface area contributed by atoms with Crippen LogP contribution in [0.4, 0.5) is 5.69 Å². The molecule has 0 spiro atoms. The van der Waals surface area contributed by atoms with Crippen molar-refractivity contribution < 1.29 is 17.9 Å². The summed E-state index contributed by atoms with van der Waals surface area (Å²) in [5, 5.41) is 3.17. The molecule has 0 bridgehead atoms. The molecule has 1 N–H and O–H groups in total. The van der Waals surface area contributed by atoms with Gasteiger partial charge in [0.15, 0.2) is 0 Å². The molecule has 1 atom stereocenters. The van der Waals surface area contributed by atoms with E-state index < -0.39 is 22.0 Å². The molecule has 152 valence electrons. The molecule has 0 aliphatic heterocycles. The average molecular weight is 445 g/mol. The lowest BCUT2D eigenvalue weighted by atomic mass is 10.2. The summed E-state index contributed by atoms with van der Waals surface area (Å²) in [6.45, 7) is 3.88. The number of anilines is 1. The first-order valence-corrected chi connectivity index (χ1v) is 11.1. The highest BCUT2D eigenvalue weighted by Gasteiger charge is 2.30. The van der Waals surface area contributed by atoms with Crippen molar-refractivity contribution in [2.24, 2.45) is 0 Å². The molecule has 6 nitrogen and oxygen atoms in total. The molecular formula is C19H22Cl2N2O4S. The number of ether oxygens (including phenoxy) is 1. The van der Waals surface area contributed by atoms with Crippen molar-refractivity contribution in [1.82, 2.24) is 5.32 Å². The number of benzene rings is 2. The Kier molecular flexibility index (Phi) is 7.57. The molecule has 0 fully saturated rings. The summed E-state index contributed by atoms with van der Waals surface area (Å²) in [6, 6.07) is 11.0. The van der Waals surface area contributed by atoms with Crippen LogP contribution < -0.4 is 14.4 Å². The zero-order valence-electron chi connectivity index (χ0n) is 15.8. The Morgan fingerprint density at radius 3 is 2.54 bits per heavy atom. The number of nitrogens with one attached hydrogen (secondary N) is 1. The topological polar surface area (TPSA) is 75.7 Å². The zero-order valence-corrected chi connectivity index (χ0v) is 18.1. The smallest absolute Gasteiger partial charge is 0.243 e. The molecule has 0 aliphatic carbocycles. The van der Waals surface area contributed by atoms with E-state index in [-0.39, 0.29) is 23.9 Å². The van der Waals surface area contributed by atoms with E-state index in [2.05, 4.69) is 5.32 Å². The predicted octanol–water partition coefficient (Wildman–Crippen LogP) is 3.65. The fourth-order valence-corrected chi connectivity index (χ4v) is 4.24. The first-order chi connectivity index (χ1) is 13.1. The van der Waals surface area contributed by atoms with Crippen LogP contribution >= 0.6 is 23.2 Å². The van der Waals surface area contributed by atoms with Gasteiger partial charge in [-0.15, -0.1) is 0 Å². The second-order valence-electron chi connectivity index (χ2n) is 6.24. The van der Waals surface area contributed by atoms with Crippen LogP contribution in [0.5, 0.6) is 5.75 Å². The Bertz CT molecular complexity index is 951. The van der Waals surface area contributed by atoms with Gasteiger partial charge in [0, 0.05) is 5.02 Å².